The van der Waals surface area contributed by atoms with Gasteiger partial charge >= 0.3 is 0 Å². The van der Waals surface area contributed by atoms with E-state index in [0.29, 0.717) is 30.3 Å². The maximum Gasteiger partial charge on any atom is 0.226 e. The molecule has 7 heteroatoms. The minimum atomic E-state index is -0.136. The van der Waals surface area contributed by atoms with Crippen molar-refractivity contribution in [3.63, 3.8) is 0 Å². The van der Waals surface area contributed by atoms with Crippen LogP contribution < -0.4 is 19.5 Å². The minimum absolute atomic E-state index is 0.0614. The topological polar surface area (TPSA) is 74.6 Å². The Morgan fingerprint density at radius 1 is 1.17 bits per heavy atom. The molecule has 30 heavy (non-hydrogen) atoms. The average molecular weight is 405 g/mol. The Morgan fingerprint density at radius 3 is 2.67 bits per heavy atom. The van der Waals surface area contributed by atoms with Crippen LogP contribution in [0.3, 0.4) is 0 Å². The van der Waals surface area contributed by atoms with Gasteiger partial charge in [-0.05, 0) is 42.0 Å². The molecule has 0 aliphatic carbocycles. The maximum atomic E-state index is 12.5. The number of ether oxygens (including phenoxy) is 3. The first-order valence-electron chi connectivity index (χ1n) is 9.58. The molecular weight excluding hydrogens is 382 g/mol. The van der Waals surface area contributed by atoms with Crippen molar-refractivity contribution >= 4 is 11.7 Å². The molecule has 1 unspecified atom stereocenters. The molecule has 7 nitrogen and oxygen atoms in total. The van der Waals surface area contributed by atoms with Crippen molar-refractivity contribution in [2.75, 3.05) is 26.1 Å². The lowest BCUT2D eigenvalue weighted by Gasteiger charge is -2.24. The number of benzene rings is 2. The number of nitrogens with one attached hydrogen (secondary N) is 1. The monoisotopic (exact) mass is 405 g/mol. The first-order chi connectivity index (χ1) is 14.6. The van der Waals surface area contributed by atoms with Gasteiger partial charge in [-0.3, -0.25) is 4.79 Å². The van der Waals surface area contributed by atoms with Crippen molar-refractivity contribution in [1.82, 2.24) is 9.78 Å². The van der Waals surface area contributed by atoms with Gasteiger partial charge in [0.05, 0.1) is 26.1 Å². The number of nitrogens with zero attached hydrogens (tertiary/aromatic N) is 2. The van der Waals surface area contributed by atoms with Crippen LogP contribution in [0.25, 0.3) is 5.69 Å². The summed E-state index contributed by atoms with van der Waals surface area (Å²) >= 11 is 0. The van der Waals surface area contributed by atoms with E-state index in [2.05, 4.69) is 17.0 Å². The van der Waals surface area contributed by atoms with Crippen LogP contribution in [0.2, 0.25) is 0 Å². The lowest BCUT2D eigenvalue weighted by molar-refractivity contribution is -0.116. The van der Waals surface area contributed by atoms with E-state index in [0.717, 1.165) is 22.6 Å². The van der Waals surface area contributed by atoms with Gasteiger partial charge in [-0.2, -0.15) is 5.10 Å². The van der Waals surface area contributed by atoms with E-state index in [1.54, 1.807) is 31.2 Å². The Balaban J connectivity index is 1.71. The number of anilines is 1. The second-order valence-corrected chi connectivity index (χ2v) is 6.87. The fourth-order valence-corrected chi connectivity index (χ4v) is 3.61. The highest BCUT2D eigenvalue weighted by molar-refractivity contribution is 5.94. The molecule has 4 rings (SSSR count). The largest absolute Gasteiger partial charge is 0.497 e. The second kappa shape index (κ2) is 8.32. The van der Waals surface area contributed by atoms with Crippen molar-refractivity contribution in [3.8, 4) is 22.9 Å². The Hall–Kier alpha value is -3.74. The highest BCUT2D eigenvalue weighted by atomic mass is 16.5. The predicted molar refractivity (Wildman–Crippen MR) is 114 cm³/mol. The van der Waals surface area contributed by atoms with Crippen LogP contribution in [0.4, 0.5) is 5.82 Å². The molecule has 3 aromatic rings. The van der Waals surface area contributed by atoms with Gasteiger partial charge in [-0.1, -0.05) is 18.7 Å². The second-order valence-electron chi connectivity index (χ2n) is 6.87. The number of hydrogen-bond acceptors (Lipinski definition) is 5. The zero-order valence-electron chi connectivity index (χ0n) is 16.9. The molecule has 1 amide bonds. The van der Waals surface area contributed by atoms with Gasteiger partial charge in [0.25, 0.3) is 0 Å². The van der Waals surface area contributed by atoms with E-state index in [-0.39, 0.29) is 11.8 Å². The van der Waals surface area contributed by atoms with E-state index >= 15 is 0 Å². The van der Waals surface area contributed by atoms with Crippen LogP contribution in [0, 0.1) is 0 Å². The van der Waals surface area contributed by atoms with Gasteiger partial charge in [0, 0.05) is 17.9 Å². The highest BCUT2D eigenvalue weighted by Gasteiger charge is 2.31. The van der Waals surface area contributed by atoms with E-state index in [1.165, 1.54) is 0 Å². The Labute approximate surface area is 174 Å². The molecule has 0 radical (unpaired) electrons. The van der Waals surface area contributed by atoms with E-state index in [9.17, 15) is 4.79 Å². The summed E-state index contributed by atoms with van der Waals surface area (Å²) in [7, 11) is 3.22. The smallest absolute Gasteiger partial charge is 0.226 e. The number of carbonyl (C=O) groups excluding carboxylic acids is 1. The number of methoxy groups -OCH3 is 2. The molecule has 1 N–H and O–H groups in total. The number of carbonyl (C=O) groups is 1. The van der Waals surface area contributed by atoms with Gasteiger partial charge in [0.1, 0.15) is 18.2 Å². The fourth-order valence-electron chi connectivity index (χ4n) is 3.61. The fraction of sp³-hybridized carbons (Fsp3) is 0.217. The molecular formula is C23H23N3O4. The zero-order valence-corrected chi connectivity index (χ0v) is 16.9. The number of rotatable bonds is 7. The molecule has 154 valence electrons. The maximum absolute atomic E-state index is 12.5. The molecule has 0 saturated carbocycles. The summed E-state index contributed by atoms with van der Waals surface area (Å²) in [4.78, 5) is 12.5. The molecule has 0 bridgehead atoms. The van der Waals surface area contributed by atoms with Crippen LogP contribution >= 0.6 is 0 Å². The van der Waals surface area contributed by atoms with Crippen LogP contribution in [0.15, 0.2) is 61.3 Å². The van der Waals surface area contributed by atoms with Crippen molar-refractivity contribution in [2.24, 2.45) is 0 Å². The third kappa shape index (κ3) is 3.61. The number of aromatic nitrogens is 2. The molecule has 0 saturated heterocycles. The normalized spacial score (nSPS) is 15.1. The third-order valence-corrected chi connectivity index (χ3v) is 5.08. The molecule has 1 aliphatic heterocycles. The summed E-state index contributed by atoms with van der Waals surface area (Å²) in [5, 5.41) is 7.49. The van der Waals surface area contributed by atoms with E-state index in [4.69, 9.17) is 14.2 Å². The lowest BCUT2D eigenvalue weighted by atomic mass is 9.87. The predicted octanol–water partition coefficient (Wildman–Crippen LogP) is 3.93. The van der Waals surface area contributed by atoms with Gasteiger partial charge < -0.3 is 19.5 Å². The lowest BCUT2D eigenvalue weighted by Crippen LogP contribution is -2.24. The van der Waals surface area contributed by atoms with Crippen molar-refractivity contribution in [1.29, 1.82) is 0 Å². The third-order valence-electron chi connectivity index (χ3n) is 5.08. The van der Waals surface area contributed by atoms with Crippen molar-refractivity contribution in [2.45, 2.75) is 12.3 Å². The summed E-state index contributed by atoms with van der Waals surface area (Å²) < 4.78 is 18.1. The number of fused-ring (bicyclic) bond motifs is 1. The van der Waals surface area contributed by atoms with Gasteiger partial charge in [-0.25, -0.2) is 4.68 Å². The van der Waals surface area contributed by atoms with Gasteiger partial charge in [0.15, 0.2) is 11.5 Å². The van der Waals surface area contributed by atoms with Gasteiger partial charge in [-0.15, -0.1) is 0 Å². The molecule has 1 atom stereocenters. The highest BCUT2D eigenvalue weighted by Crippen LogP contribution is 2.40. The Morgan fingerprint density at radius 2 is 1.97 bits per heavy atom. The molecule has 2 aromatic carbocycles. The van der Waals surface area contributed by atoms with Crippen LogP contribution in [-0.4, -0.2) is 36.5 Å². The summed E-state index contributed by atoms with van der Waals surface area (Å²) in [6.07, 6.45) is 3.81. The van der Waals surface area contributed by atoms with E-state index < -0.39 is 0 Å². The van der Waals surface area contributed by atoms with Crippen LogP contribution in [0.5, 0.6) is 17.2 Å². The summed E-state index contributed by atoms with van der Waals surface area (Å²) in [6.45, 7) is 4.06. The van der Waals surface area contributed by atoms with Crippen molar-refractivity contribution < 1.29 is 19.0 Å². The Bertz CT molecular complexity index is 1070. The quantitative estimate of drug-likeness (QED) is 0.603. The molecule has 0 spiro atoms. The molecule has 1 aliphatic rings. The number of hydrogen-bond donors (Lipinski definition) is 1. The van der Waals surface area contributed by atoms with E-state index in [1.807, 2.05) is 42.5 Å². The standard InChI is InChI=1S/C23H23N3O4/c1-4-11-30-20-10-5-15(12-21(20)29-3)18-13-22(27)25-23-19(18)14-24-26(23)16-6-8-17(28-2)9-7-16/h4-10,12,14,18H,1,11,13H2,2-3H3,(H,25,27). The zero-order chi connectivity index (χ0) is 21.1. The Kier molecular flexibility index (Phi) is 5.43. The van der Waals surface area contributed by atoms with Crippen LogP contribution in [0.1, 0.15) is 23.5 Å². The molecule has 0 fully saturated rings. The summed E-state index contributed by atoms with van der Waals surface area (Å²) in [5.41, 5.74) is 2.75. The van der Waals surface area contributed by atoms with Crippen molar-refractivity contribution in [3.05, 3.63) is 72.4 Å². The SMILES string of the molecule is C=CCOc1ccc(C2CC(=O)Nc3c2cnn3-c2ccc(OC)cc2)cc1OC. The first kappa shape index (κ1) is 19.6. The summed E-state index contributed by atoms with van der Waals surface area (Å²) in [6, 6.07) is 13.2. The molecule has 1 aromatic heterocycles. The first-order valence-corrected chi connectivity index (χ1v) is 9.58. The average Bonchev–Trinajstić information content (AvgIpc) is 3.20. The minimum Gasteiger partial charge on any atom is -0.497 e. The summed E-state index contributed by atoms with van der Waals surface area (Å²) in [5.74, 6) is 2.48. The van der Waals surface area contributed by atoms with Crippen LogP contribution in [-0.2, 0) is 4.79 Å². The molecule has 2 heterocycles. The number of amides is 1. The van der Waals surface area contributed by atoms with Gasteiger partial charge in [0.2, 0.25) is 5.91 Å².